The fourth-order valence-corrected chi connectivity index (χ4v) is 1.66. The van der Waals surface area contributed by atoms with E-state index < -0.39 is 23.4 Å². The van der Waals surface area contributed by atoms with E-state index in [4.69, 9.17) is 5.73 Å². The first-order chi connectivity index (χ1) is 8.50. The second kappa shape index (κ2) is 4.52. The number of carbonyl (C=O) groups is 1. The lowest BCUT2D eigenvalue weighted by molar-refractivity contribution is 0.100. The van der Waals surface area contributed by atoms with Crippen molar-refractivity contribution in [3.63, 3.8) is 0 Å². The molecule has 2 N–H and O–H groups in total. The van der Waals surface area contributed by atoms with E-state index in [2.05, 4.69) is 0 Å². The zero-order valence-electron chi connectivity index (χ0n) is 9.08. The molecule has 0 aliphatic heterocycles. The lowest BCUT2D eigenvalue weighted by Crippen LogP contribution is -2.12. The quantitative estimate of drug-likeness (QED) is 0.819. The van der Waals surface area contributed by atoms with Gasteiger partial charge in [-0.1, -0.05) is 18.2 Å². The molecule has 0 aliphatic carbocycles. The summed E-state index contributed by atoms with van der Waals surface area (Å²) in [5.41, 5.74) is 5.58. The summed E-state index contributed by atoms with van der Waals surface area (Å²) in [4.78, 5) is 11.2. The van der Waals surface area contributed by atoms with Crippen LogP contribution in [0.25, 0.3) is 11.1 Å². The molecule has 0 saturated heterocycles. The molecule has 0 fully saturated rings. The standard InChI is InChI=1S/C13H8F3NO/c14-10-5-7(6-11(15)12(10)16)8-3-1-2-4-9(8)13(17)18/h1-6H,(H2,17,18). The molecule has 92 valence electrons. The highest BCUT2D eigenvalue weighted by molar-refractivity contribution is 5.99. The van der Waals surface area contributed by atoms with Crippen LogP contribution >= 0.6 is 0 Å². The predicted octanol–water partition coefficient (Wildman–Crippen LogP) is 2.87. The van der Waals surface area contributed by atoms with Gasteiger partial charge in [0.2, 0.25) is 5.91 Å². The number of primary amides is 1. The van der Waals surface area contributed by atoms with Gasteiger partial charge in [-0.15, -0.1) is 0 Å². The molecule has 0 saturated carbocycles. The Labute approximate surface area is 101 Å². The molecule has 1 amide bonds. The summed E-state index contributed by atoms with van der Waals surface area (Å²) in [5, 5.41) is 0. The van der Waals surface area contributed by atoms with Gasteiger partial charge < -0.3 is 5.73 Å². The van der Waals surface area contributed by atoms with E-state index in [0.717, 1.165) is 12.1 Å². The Hall–Kier alpha value is -2.30. The Bertz CT molecular complexity index is 602. The summed E-state index contributed by atoms with van der Waals surface area (Å²) >= 11 is 0. The van der Waals surface area contributed by atoms with E-state index in [1.54, 1.807) is 12.1 Å². The average Bonchev–Trinajstić information content (AvgIpc) is 2.35. The lowest BCUT2D eigenvalue weighted by Gasteiger charge is -2.07. The monoisotopic (exact) mass is 251 g/mol. The van der Waals surface area contributed by atoms with Crippen LogP contribution in [0.5, 0.6) is 0 Å². The molecule has 5 heteroatoms. The summed E-state index contributed by atoms with van der Waals surface area (Å²) < 4.78 is 39.1. The minimum Gasteiger partial charge on any atom is -0.366 e. The molecule has 0 bridgehead atoms. The van der Waals surface area contributed by atoms with Crippen molar-refractivity contribution in [1.82, 2.24) is 0 Å². The Morgan fingerprint density at radius 3 is 2.11 bits per heavy atom. The van der Waals surface area contributed by atoms with Gasteiger partial charge in [0.05, 0.1) is 0 Å². The predicted molar refractivity (Wildman–Crippen MR) is 60.3 cm³/mol. The molecule has 2 aromatic carbocycles. The second-order valence-corrected chi connectivity index (χ2v) is 3.66. The third-order valence-electron chi connectivity index (χ3n) is 2.49. The SMILES string of the molecule is NC(=O)c1ccccc1-c1cc(F)c(F)c(F)c1. The fraction of sp³-hybridized carbons (Fsp3) is 0. The molecule has 0 atom stereocenters. The first-order valence-electron chi connectivity index (χ1n) is 5.04. The summed E-state index contributed by atoms with van der Waals surface area (Å²) in [5.74, 6) is -4.90. The summed E-state index contributed by atoms with van der Waals surface area (Å²) in [6.45, 7) is 0. The number of amides is 1. The van der Waals surface area contributed by atoms with Gasteiger partial charge in [-0.05, 0) is 29.3 Å². The molecule has 0 radical (unpaired) electrons. The van der Waals surface area contributed by atoms with E-state index >= 15 is 0 Å². The minimum absolute atomic E-state index is 0.0563. The molecule has 0 unspecified atom stereocenters. The van der Waals surface area contributed by atoms with Crippen molar-refractivity contribution in [3.05, 3.63) is 59.4 Å². The molecule has 2 rings (SSSR count). The van der Waals surface area contributed by atoms with E-state index in [9.17, 15) is 18.0 Å². The van der Waals surface area contributed by atoms with Gasteiger partial charge in [0.25, 0.3) is 0 Å². The highest BCUT2D eigenvalue weighted by atomic mass is 19.2. The maximum Gasteiger partial charge on any atom is 0.249 e. The van der Waals surface area contributed by atoms with Gasteiger partial charge in [-0.25, -0.2) is 13.2 Å². The van der Waals surface area contributed by atoms with Gasteiger partial charge in [-0.3, -0.25) is 4.79 Å². The maximum absolute atomic E-state index is 13.1. The van der Waals surface area contributed by atoms with Crippen molar-refractivity contribution >= 4 is 5.91 Å². The number of nitrogens with two attached hydrogens (primary N) is 1. The minimum atomic E-state index is -1.55. The Kier molecular flexibility index (Phi) is 3.06. The Balaban J connectivity index is 2.66. The van der Waals surface area contributed by atoms with Crippen LogP contribution < -0.4 is 5.73 Å². The Morgan fingerprint density at radius 1 is 1.00 bits per heavy atom. The number of rotatable bonds is 2. The molecule has 0 heterocycles. The first kappa shape index (κ1) is 12.2. The van der Waals surface area contributed by atoms with E-state index in [1.807, 2.05) is 0 Å². The van der Waals surface area contributed by atoms with Crippen LogP contribution in [0.4, 0.5) is 13.2 Å². The zero-order chi connectivity index (χ0) is 13.3. The molecule has 0 aromatic heterocycles. The Morgan fingerprint density at radius 2 is 1.56 bits per heavy atom. The number of hydrogen-bond acceptors (Lipinski definition) is 1. The number of benzene rings is 2. The van der Waals surface area contributed by atoms with Crippen molar-refractivity contribution in [3.8, 4) is 11.1 Å². The van der Waals surface area contributed by atoms with Crippen molar-refractivity contribution in [1.29, 1.82) is 0 Å². The number of carbonyl (C=O) groups excluding carboxylic acids is 1. The topological polar surface area (TPSA) is 43.1 Å². The van der Waals surface area contributed by atoms with Gasteiger partial charge in [0.1, 0.15) is 0 Å². The maximum atomic E-state index is 13.1. The average molecular weight is 251 g/mol. The molecule has 0 spiro atoms. The lowest BCUT2D eigenvalue weighted by atomic mass is 9.99. The van der Waals surface area contributed by atoms with Gasteiger partial charge >= 0.3 is 0 Å². The van der Waals surface area contributed by atoms with Crippen LogP contribution in [-0.2, 0) is 0 Å². The van der Waals surface area contributed by atoms with Crippen molar-refractivity contribution in [2.45, 2.75) is 0 Å². The van der Waals surface area contributed by atoms with Gasteiger partial charge in [-0.2, -0.15) is 0 Å². The number of hydrogen-bond donors (Lipinski definition) is 1. The zero-order valence-corrected chi connectivity index (χ0v) is 9.08. The highest BCUT2D eigenvalue weighted by Crippen LogP contribution is 2.26. The van der Waals surface area contributed by atoms with Crippen molar-refractivity contribution < 1.29 is 18.0 Å². The van der Waals surface area contributed by atoms with Gasteiger partial charge in [0, 0.05) is 5.56 Å². The summed E-state index contributed by atoms with van der Waals surface area (Å²) in [6.07, 6.45) is 0. The van der Waals surface area contributed by atoms with E-state index in [0.29, 0.717) is 0 Å². The normalized spacial score (nSPS) is 10.4. The number of halogens is 3. The van der Waals surface area contributed by atoms with E-state index in [-0.39, 0.29) is 16.7 Å². The summed E-state index contributed by atoms with van der Waals surface area (Å²) in [7, 11) is 0. The largest absolute Gasteiger partial charge is 0.366 e. The van der Waals surface area contributed by atoms with Crippen LogP contribution in [0.2, 0.25) is 0 Å². The van der Waals surface area contributed by atoms with Crippen LogP contribution in [-0.4, -0.2) is 5.91 Å². The van der Waals surface area contributed by atoms with Crippen LogP contribution in [0.15, 0.2) is 36.4 Å². The molecular formula is C13H8F3NO. The highest BCUT2D eigenvalue weighted by Gasteiger charge is 2.15. The van der Waals surface area contributed by atoms with Crippen LogP contribution in [0.3, 0.4) is 0 Å². The molecular weight excluding hydrogens is 243 g/mol. The fourth-order valence-electron chi connectivity index (χ4n) is 1.66. The molecule has 18 heavy (non-hydrogen) atoms. The first-order valence-corrected chi connectivity index (χ1v) is 5.04. The van der Waals surface area contributed by atoms with Crippen LogP contribution in [0, 0.1) is 17.5 Å². The second-order valence-electron chi connectivity index (χ2n) is 3.66. The van der Waals surface area contributed by atoms with E-state index in [1.165, 1.54) is 12.1 Å². The van der Waals surface area contributed by atoms with Crippen LogP contribution in [0.1, 0.15) is 10.4 Å². The molecule has 0 aliphatic rings. The third-order valence-corrected chi connectivity index (χ3v) is 2.49. The molecule has 2 nitrogen and oxygen atoms in total. The van der Waals surface area contributed by atoms with Crippen molar-refractivity contribution in [2.24, 2.45) is 5.73 Å². The van der Waals surface area contributed by atoms with Gasteiger partial charge in [0.15, 0.2) is 17.5 Å². The van der Waals surface area contributed by atoms with Crippen molar-refractivity contribution in [2.75, 3.05) is 0 Å². The smallest absolute Gasteiger partial charge is 0.249 e. The third kappa shape index (κ3) is 2.07. The summed E-state index contributed by atoms with van der Waals surface area (Å²) in [6, 6.07) is 7.70. The molecule has 2 aromatic rings.